The Balaban J connectivity index is 1.63. The first-order chi connectivity index (χ1) is 13.0. The van der Waals surface area contributed by atoms with Crippen molar-refractivity contribution in [3.8, 4) is 0 Å². The number of rotatable bonds is 4. The number of Topliss-reactive ketones (excluding diaryl/α,β-unsaturated/α-hetero) is 1. The van der Waals surface area contributed by atoms with Crippen molar-refractivity contribution in [3.05, 3.63) is 82.3 Å². The molecule has 0 fully saturated rings. The fourth-order valence-corrected chi connectivity index (χ4v) is 3.15. The Morgan fingerprint density at radius 1 is 0.926 bits per heavy atom. The minimum atomic E-state index is -0.991. The highest BCUT2D eigenvalue weighted by Gasteiger charge is 2.24. The third-order valence-corrected chi connectivity index (χ3v) is 4.48. The van der Waals surface area contributed by atoms with Crippen LogP contribution >= 0.6 is 0 Å². The number of ketones is 1. The molecule has 0 radical (unpaired) electrons. The van der Waals surface area contributed by atoms with Gasteiger partial charge in [0.15, 0.2) is 6.10 Å². The molecule has 2 aromatic carbocycles. The minimum absolute atomic E-state index is 0.132. The van der Waals surface area contributed by atoms with E-state index in [9.17, 15) is 14.4 Å². The maximum Gasteiger partial charge on any atom is 0.339 e. The van der Waals surface area contributed by atoms with Gasteiger partial charge in [-0.1, -0.05) is 36.4 Å². The molecular weight excluding hydrogens is 344 g/mol. The zero-order valence-corrected chi connectivity index (χ0v) is 14.5. The van der Waals surface area contributed by atoms with Crippen molar-refractivity contribution in [2.75, 3.05) is 0 Å². The Bertz CT molecular complexity index is 1240. The molecule has 1 unspecified atom stereocenters. The molecular formula is C21H16N2O4. The molecule has 0 saturated heterocycles. The van der Waals surface area contributed by atoms with Crippen LogP contribution in [0.4, 0.5) is 0 Å². The smallest absolute Gasteiger partial charge is 0.339 e. The molecule has 6 nitrogen and oxygen atoms in total. The van der Waals surface area contributed by atoms with Gasteiger partial charge in [-0.25, -0.2) is 4.79 Å². The zero-order valence-electron chi connectivity index (χ0n) is 14.5. The molecule has 27 heavy (non-hydrogen) atoms. The van der Waals surface area contributed by atoms with E-state index in [1.165, 1.54) is 13.0 Å². The van der Waals surface area contributed by atoms with Crippen LogP contribution in [0.2, 0.25) is 0 Å². The number of H-pyrrole nitrogens is 2. The summed E-state index contributed by atoms with van der Waals surface area (Å²) in [6.45, 7) is 1.53. The number of hydrogen-bond acceptors (Lipinski definition) is 4. The molecule has 2 heterocycles. The summed E-state index contributed by atoms with van der Waals surface area (Å²) in [6, 6.07) is 15.5. The maximum absolute atomic E-state index is 12.8. The molecule has 6 heteroatoms. The number of carbonyl (C=O) groups excluding carboxylic acids is 2. The number of aromatic nitrogens is 2. The highest BCUT2D eigenvalue weighted by molar-refractivity contribution is 6.11. The highest BCUT2D eigenvalue weighted by atomic mass is 16.5. The second kappa shape index (κ2) is 6.57. The van der Waals surface area contributed by atoms with Gasteiger partial charge in [0.1, 0.15) is 0 Å². The number of aromatic amines is 2. The first kappa shape index (κ1) is 16.8. The van der Waals surface area contributed by atoms with Crippen LogP contribution in [0, 0.1) is 0 Å². The molecule has 0 bridgehead atoms. The van der Waals surface area contributed by atoms with Crippen molar-refractivity contribution in [1.29, 1.82) is 0 Å². The van der Waals surface area contributed by atoms with E-state index >= 15 is 0 Å². The third kappa shape index (κ3) is 3.01. The lowest BCUT2D eigenvalue weighted by Gasteiger charge is -2.13. The summed E-state index contributed by atoms with van der Waals surface area (Å²) in [7, 11) is 0. The minimum Gasteiger partial charge on any atom is -0.451 e. The lowest BCUT2D eigenvalue weighted by molar-refractivity contribution is 0.0321. The van der Waals surface area contributed by atoms with Crippen LogP contribution in [0.15, 0.2) is 65.6 Å². The van der Waals surface area contributed by atoms with E-state index < -0.39 is 17.6 Å². The van der Waals surface area contributed by atoms with E-state index in [2.05, 4.69) is 9.97 Å². The molecule has 0 saturated carbocycles. The third-order valence-electron chi connectivity index (χ3n) is 4.48. The van der Waals surface area contributed by atoms with Gasteiger partial charge in [-0.3, -0.25) is 9.59 Å². The predicted molar refractivity (Wildman–Crippen MR) is 102 cm³/mol. The van der Waals surface area contributed by atoms with Crippen molar-refractivity contribution < 1.29 is 14.3 Å². The van der Waals surface area contributed by atoms with Gasteiger partial charge in [-0.05, 0) is 19.1 Å². The number of pyridine rings is 1. The van der Waals surface area contributed by atoms with Gasteiger partial charge >= 0.3 is 5.97 Å². The van der Waals surface area contributed by atoms with E-state index in [-0.39, 0.29) is 11.3 Å². The van der Waals surface area contributed by atoms with Crippen molar-refractivity contribution in [1.82, 2.24) is 9.97 Å². The maximum atomic E-state index is 12.8. The Kier molecular flexibility index (Phi) is 4.08. The van der Waals surface area contributed by atoms with Gasteiger partial charge < -0.3 is 14.7 Å². The number of benzene rings is 2. The first-order valence-electron chi connectivity index (χ1n) is 8.48. The van der Waals surface area contributed by atoms with Gasteiger partial charge in [0.05, 0.1) is 5.56 Å². The van der Waals surface area contributed by atoms with Crippen molar-refractivity contribution in [2.24, 2.45) is 0 Å². The van der Waals surface area contributed by atoms with Crippen molar-refractivity contribution in [3.63, 3.8) is 0 Å². The second-order valence-electron chi connectivity index (χ2n) is 6.25. The van der Waals surface area contributed by atoms with Crippen LogP contribution in [0.3, 0.4) is 0 Å². The predicted octanol–water partition coefficient (Wildman–Crippen LogP) is 3.44. The van der Waals surface area contributed by atoms with Gasteiger partial charge in [0.25, 0.3) is 0 Å². The number of carbonyl (C=O) groups is 2. The SMILES string of the molecule is CC(OC(=O)c1cc(=O)[nH]c2ccccc12)C(=O)c1c[nH]c2ccccc12. The summed E-state index contributed by atoms with van der Waals surface area (Å²) < 4.78 is 5.38. The van der Waals surface area contributed by atoms with E-state index in [0.29, 0.717) is 16.5 Å². The van der Waals surface area contributed by atoms with Crippen LogP contribution in [0.1, 0.15) is 27.6 Å². The molecule has 4 rings (SSSR count). The fraction of sp³-hybridized carbons (Fsp3) is 0.0952. The topological polar surface area (TPSA) is 92.0 Å². The normalized spacial score (nSPS) is 12.2. The lowest BCUT2D eigenvalue weighted by Crippen LogP contribution is -2.25. The monoisotopic (exact) mass is 360 g/mol. The summed E-state index contributed by atoms with van der Waals surface area (Å²) in [5.74, 6) is -1.02. The van der Waals surface area contributed by atoms with Crippen LogP contribution in [0.25, 0.3) is 21.8 Å². The van der Waals surface area contributed by atoms with Gasteiger partial charge in [-0.15, -0.1) is 0 Å². The van der Waals surface area contributed by atoms with Gasteiger partial charge in [-0.2, -0.15) is 0 Å². The average Bonchev–Trinajstić information content (AvgIpc) is 3.10. The first-order valence-corrected chi connectivity index (χ1v) is 8.48. The number of hydrogen-bond donors (Lipinski definition) is 2. The van der Waals surface area contributed by atoms with Gasteiger partial charge in [0, 0.05) is 39.6 Å². The fourth-order valence-electron chi connectivity index (χ4n) is 3.15. The molecule has 2 aromatic heterocycles. The molecule has 134 valence electrons. The molecule has 0 spiro atoms. The largest absolute Gasteiger partial charge is 0.451 e. The van der Waals surface area contributed by atoms with E-state index in [0.717, 1.165) is 10.9 Å². The van der Waals surface area contributed by atoms with E-state index in [4.69, 9.17) is 4.74 Å². The van der Waals surface area contributed by atoms with E-state index in [1.807, 2.05) is 24.3 Å². The molecule has 4 aromatic rings. The summed E-state index contributed by atoms with van der Waals surface area (Å²) in [6.07, 6.45) is 0.620. The Morgan fingerprint density at radius 3 is 2.30 bits per heavy atom. The lowest BCUT2D eigenvalue weighted by atomic mass is 10.1. The van der Waals surface area contributed by atoms with Crippen LogP contribution in [0.5, 0.6) is 0 Å². The second-order valence-corrected chi connectivity index (χ2v) is 6.25. The number of para-hydroxylation sites is 2. The Labute approximate surface area is 153 Å². The van der Waals surface area contributed by atoms with Crippen LogP contribution in [-0.4, -0.2) is 27.8 Å². The molecule has 0 aliphatic carbocycles. The van der Waals surface area contributed by atoms with Crippen molar-refractivity contribution >= 4 is 33.6 Å². The molecule has 0 aliphatic heterocycles. The van der Waals surface area contributed by atoms with Crippen molar-refractivity contribution in [2.45, 2.75) is 13.0 Å². The molecule has 0 amide bonds. The molecule has 0 aliphatic rings. The summed E-state index contributed by atoms with van der Waals surface area (Å²) in [5, 5.41) is 1.33. The summed E-state index contributed by atoms with van der Waals surface area (Å²) in [4.78, 5) is 42.9. The van der Waals surface area contributed by atoms with Crippen LogP contribution in [-0.2, 0) is 4.74 Å². The highest BCUT2D eigenvalue weighted by Crippen LogP contribution is 2.21. The average molecular weight is 360 g/mol. The summed E-state index contributed by atoms with van der Waals surface area (Å²) >= 11 is 0. The Morgan fingerprint density at radius 2 is 1.56 bits per heavy atom. The number of fused-ring (bicyclic) bond motifs is 2. The number of esters is 1. The van der Waals surface area contributed by atoms with Gasteiger partial charge in [0.2, 0.25) is 11.3 Å². The Hall–Kier alpha value is -3.67. The standard InChI is InChI=1S/C21H16N2O4/c1-12(20(25)16-11-22-17-8-4-2-7-14(16)17)27-21(26)15-10-19(24)23-18-9-5-3-6-13(15)18/h2-12,22H,1H3,(H,23,24). The number of nitrogens with one attached hydrogen (secondary N) is 2. The number of ether oxygens (including phenoxy) is 1. The molecule has 1 atom stereocenters. The molecule has 2 N–H and O–H groups in total. The zero-order chi connectivity index (χ0) is 19.0. The van der Waals surface area contributed by atoms with Crippen LogP contribution < -0.4 is 5.56 Å². The summed E-state index contributed by atoms with van der Waals surface area (Å²) in [5.41, 5.74) is 1.55. The quantitative estimate of drug-likeness (QED) is 0.431. The van der Waals surface area contributed by atoms with E-state index in [1.54, 1.807) is 30.5 Å².